The number of carbonyl (C=O) groups excluding carboxylic acids is 1. The molecule has 0 radical (unpaired) electrons. The van der Waals surface area contributed by atoms with Gasteiger partial charge in [0.25, 0.3) is 0 Å². The molecule has 112 valence electrons. The molecule has 0 aliphatic rings. The van der Waals surface area contributed by atoms with Gasteiger partial charge in [-0.05, 0) is 33.3 Å². The first kappa shape index (κ1) is 18.5. The molecular weight excluding hydrogens is 260 g/mol. The molecule has 0 aromatic carbocycles. The first-order valence-corrected chi connectivity index (χ1v) is 8.98. The highest BCUT2D eigenvalue weighted by atomic mass is 28.4. The fourth-order valence-electron chi connectivity index (χ4n) is 1.84. The molecule has 0 spiro atoms. The molecule has 0 N–H and O–H groups in total. The van der Waals surface area contributed by atoms with Gasteiger partial charge in [-0.15, -0.1) is 0 Å². The van der Waals surface area contributed by atoms with Crippen LogP contribution in [0.15, 0.2) is 12.2 Å². The average Bonchev–Trinajstić information content (AvgIpc) is 2.29. The molecule has 0 aromatic rings. The Hall–Kier alpha value is -0.493. The van der Waals surface area contributed by atoms with Crippen molar-refractivity contribution in [3.8, 4) is 0 Å². The van der Waals surface area contributed by atoms with Crippen LogP contribution in [0.5, 0.6) is 0 Å². The van der Waals surface area contributed by atoms with Crippen molar-refractivity contribution in [3.63, 3.8) is 0 Å². The minimum absolute atomic E-state index is 0.0277. The van der Waals surface area contributed by atoms with Crippen LogP contribution in [0.25, 0.3) is 0 Å². The van der Waals surface area contributed by atoms with Gasteiger partial charge in [0.15, 0.2) is 5.78 Å². The Balaban J connectivity index is 4.68. The van der Waals surface area contributed by atoms with Crippen LogP contribution in [-0.2, 0) is 18.1 Å². The molecule has 5 heteroatoms. The predicted molar refractivity (Wildman–Crippen MR) is 79.1 cm³/mol. The molecule has 0 saturated heterocycles. The standard InChI is InChI=1S/C14H28O4Si/c1-7-10-19(16-8-2,17-9-3)18-13(6)11-14(15)12(4)5/h13H,4,7-11H2,1-3,5-6H3. The second kappa shape index (κ2) is 9.42. The van der Waals surface area contributed by atoms with Gasteiger partial charge in [0.2, 0.25) is 0 Å². The molecular formula is C14H28O4Si. The molecule has 0 heterocycles. The SMILES string of the molecule is C=C(C)C(=O)CC(C)O[Si](CCC)(OCC)OCC. The third-order valence-corrected chi connectivity index (χ3v) is 5.95. The van der Waals surface area contributed by atoms with Gasteiger partial charge in [-0.25, -0.2) is 0 Å². The average molecular weight is 288 g/mol. The maximum absolute atomic E-state index is 11.7. The van der Waals surface area contributed by atoms with Crippen LogP contribution in [0.3, 0.4) is 0 Å². The molecule has 0 aromatic heterocycles. The second-order valence-electron chi connectivity index (χ2n) is 4.64. The van der Waals surface area contributed by atoms with E-state index < -0.39 is 8.80 Å². The lowest BCUT2D eigenvalue weighted by Crippen LogP contribution is -2.48. The normalized spacial score (nSPS) is 13.3. The van der Waals surface area contributed by atoms with E-state index in [2.05, 4.69) is 13.5 Å². The predicted octanol–water partition coefficient (Wildman–Crippen LogP) is 3.35. The Morgan fingerprint density at radius 2 is 1.74 bits per heavy atom. The lowest BCUT2D eigenvalue weighted by Gasteiger charge is -2.31. The Kier molecular flexibility index (Phi) is 9.17. The highest BCUT2D eigenvalue weighted by molar-refractivity contribution is 6.60. The summed E-state index contributed by atoms with van der Waals surface area (Å²) in [5, 5.41) is 0. The third kappa shape index (κ3) is 7.01. The van der Waals surface area contributed by atoms with Gasteiger partial charge in [-0.1, -0.05) is 19.9 Å². The summed E-state index contributed by atoms with van der Waals surface area (Å²) < 4.78 is 17.6. The van der Waals surface area contributed by atoms with Crippen molar-refractivity contribution in [3.05, 3.63) is 12.2 Å². The Bertz CT molecular complexity index is 274. The Labute approximate surface area is 118 Å². The zero-order valence-electron chi connectivity index (χ0n) is 13.0. The van der Waals surface area contributed by atoms with E-state index in [9.17, 15) is 4.79 Å². The maximum Gasteiger partial charge on any atom is 0.501 e. The molecule has 4 nitrogen and oxygen atoms in total. The third-order valence-electron chi connectivity index (χ3n) is 2.61. The van der Waals surface area contributed by atoms with Crippen molar-refractivity contribution in [1.29, 1.82) is 0 Å². The molecule has 1 atom stereocenters. The summed E-state index contributed by atoms with van der Waals surface area (Å²) in [6, 6.07) is 0.778. The van der Waals surface area contributed by atoms with E-state index in [-0.39, 0.29) is 11.9 Å². The van der Waals surface area contributed by atoms with E-state index in [4.69, 9.17) is 13.3 Å². The zero-order valence-corrected chi connectivity index (χ0v) is 14.0. The minimum atomic E-state index is -2.64. The molecule has 1 unspecified atom stereocenters. The van der Waals surface area contributed by atoms with Gasteiger partial charge in [-0.3, -0.25) is 4.79 Å². The minimum Gasteiger partial charge on any atom is -0.374 e. The Morgan fingerprint density at radius 3 is 2.11 bits per heavy atom. The van der Waals surface area contributed by atoms with Crippen molar-refractivity contribution in [2.75, 3.05) is 13.2 Å². The first-order chi connectivity index (χ1) is 8.90. The number of rotatable bonds is 11. The summed E-state index contributed by atoms with van der Waals surface area (Å²) in [5.74, 6) is 0.0277. The van der Waals surface area contributed by atoms with E-state index in [0.717, 1.165) is 12.5 Å². The van der Waals surface area contributed by atoms with E-state index in [0.29, 0.717) is 25.2 Å². The maximum atomic E-state index is 11.7. The summed E-state index contributed by atoms with van der Waals surface area (Å²) in [5.41, 5.74) is 0.561. The number of ketones is 1. The first-order valence-electron chi connectivity index (χ1n) is 7.05. The van der Waals surface area contributed by atoms with Gasteiger partial charge in [0, 0.05) is 25.7 Å². The molecule has 0 fully saturated rings. The fourth-order valence-corrected chi connectivity index (χ4v) is 4.66. The summed E-state index contributed by atoms with van der Waals surface area (Å²) in [6.07, 6.45) is 1.06. The van der Waals surface area contributed by atoms with Crippen molar-refractivity contribution in [2.24, 2.45) is 0 Å². The summed E-state index contributed by atoms with van der Waals surface area (Å²) in [4.78, 5) is 11.7. The smallest absolute Gasteiger partial charge is 0.374 e. The summed E-state index contributed by atoms with van der Waals surface area (Å²) in [7, 11) is -2.64. The summed E-state index contributed by atoms with van der Waals surface area (Å²) >= 11 is 0. The molecule has 19 heavy (non-hydrogen) atoms. The molecule has 0 aliphatic heterocycles. The van der Waals surface area contributed by atoms with Gasteiger partial charge >= 0.3 is 8.80 Å². The van der Waals surface area contributed by atoms with Crippen LogP contribution in [0, 0.1) is 0 Å². The highest BCUT2D eigenvalue weighted by Gasteiger charge is 2.41. The fraction of sp³-hybridized carbons (Fsp3) is 0.786. The lowest BCUT2D eigenvalue weighted by molar-refractivity contribution is -0.117. The van der Waals surface area contributed by atoms with E-state index in [1.807, 2.05) is 20.8 Å². The van der Waals surface area contributed by atoms with Crippen molar-refractivity contribution >= 4 is 14.6 Å². The van der Waals surface area contributed by atoms with Gasteiger partial charge < -0.3 is 13.3 Å². The van der Waals surface area contributed by atoms with Crippen LogP contribution < -0.4 is 0 Å². The van der Waals surface area contributed by atoms with E-state index >= 15 is 0 Å². The second-order valence-corrected chi connectivity index (χ2v) is 7.31. The number of carbonyl (C=O) groups is 1. The number of Topliss-reactive ketones (excluding diaryl/α,β-unsaturated/α-hetero) is 1. The van der Waals surface area contributed by atoms with Crippen LogP contribution in [0.1, 0.15) is 47.5 Å². The molecule has 0 aliphatic carbocycles. The lowest BCUT2D eigenvalue weighted by atomic mass is 10.1. The molecule has 0 saturated carbocycles. The van der Waals surface area contributed by atoms with Gasteiger partial charge in [0.1, 0.15) is 0 Å². The van der Waals surface area contributed by atoms with Crippen LogP contribution in [0.4, 0.5) is 0 Å². The topological polar surface area (TPSA) is 44.8 Å². The van der Waals surface area contributed by atoms with Gasteiger partial charge in [0.05, 0.1) is 6.10 Å². The number of hydrogen-bond donors (Lipinski definition) is 0. The van der Waals surface area contributed by atoms with E-state index in [1.165, 1.54) is 0 Å². The molecule has 0 amide bonds. The quantitative estimate of drug-likeness (QED) is 0.432. The van der Waals surface area contributed by atoms with Crippen LogP contribution in [-0.4, -0.2) is 33.9 Å². The van der Waals surface area contributed by atoms with E-state index in [1.54, 1.807) is 6.92 Å². The van der Waals surface area contributed by atoms with Crippen LogP contribution in [0.2, 0.25) is 6.04 Å². The molecule has 0 bridgehead atoms. The Morgan fingerprint density at radius 1 is 1.21 bits per heavy atom. The number of hydrogen-bond acceptors (Lipinski definition) is 4. The van der Waals surface area contributed by atoms with Crippen molar-refractivity contribution in [1.82, 2.24) is 0 Å². The van der Waals surface area contributed by atoms with Crippen molar-refractivity contribution in [2.45, 2.75) is 59.6 Å². The molecule has 0 rings (SSSR count). The van der Waals surface area contributed by atoms with Crippen LogP contribution >= 0.6 is 0 Å². The van der Waals surface area contributed by atoms with Crippen molar-refractivity contribution < 1.29 is 18.1 Å². The highest BCUT2D eigenvalue weighted by Crippen LogP contribution is 2.21. The summed E-state index contributed by atoms with van der Waals surface area (Å²) in [6.45, 7) is 14.3. The zero-order chi connectivity index (χ0) is 14.9. The largest absolute Gasteiger partial charge is 0.501 e. The monoisotopic (exact) mass is 288 g/mol. The number of allylic oxidation sites excluding steroid dienone is 1. The van der Waals surface area contributed by atoms with Gasteiger partial charge in [-0.2, -0.15) is 0 Å².